The Hall–Kier alpha value is -4.03. The van der Waals surface area contributed by atoms with E-state index in [1.165, 1.54) is 25.3 Å². The van der Waals surface area contributed by atoms with Gasteiger partial charge in [0.15, 0.2) is 0 Å². The van der Waals surface area contributed by atoms with Crippen molar-refractivity contribution in [2.75, 3.05) is 18.4 Å². The van der Waals surface area contributed by atoms with Crippen LogP contribution in [0.5, 0.6) is 5.88 Å². The minimum atomic E-state index is -4.23. The molecule has 1 fully saturated rings. The van der Waals surface area contributed by atoms with Crippen molar-refractivity contribution in [1.29, 1.82) is 0 Å². The molecule has 1 saturated carbocycles. The fourth-order valence-corrected chi connectivity index (χ4v) is 6.39. The summed E-state index contributed by atoms with van der Waals surface area (Å²) in [6.45, 7) is 10.5. The number of aromatic nitrogens is 2. The fourth-order valence-electron chi connectivity index (χ4n) is 5.40. The Bertz CT molecular complexity index is 1610. The van der Waals surface area contributed by atoms with Gasteiger partial charge in [-0.25, -0.2) is 22.9 Å². The molecule has 0 bridgehead atoms. The van der Waals surface area contributed by atoms with Crippen LogP contribution >= 0.6 is 0 Å². The summed E-state index contributed by atoms with van der Waals surface area (Å²) in [5, 5.41) is 12.9. The molecule has 0 aliphatic heterocycles. The third-order valence-corrected chi connectivity index (χ3v) is 8.82. The number of benzene rings is 2. The van der Waals surface area contributed by atoms with Crippen LogP contribution in [-0.4, -0.2) is 61.2 Å². The maximum atomic E-state index is 13.3. The molecule has 1 aliphatic rings. The third-order valence-electron chi connectivity index (χ3n) is 7.49. The van der Waals surface area contributed by atoms with Crippen LogP contribution in [0, 0.1) is 25.2 Å². The van der Waals surface area contributed by atoms with Crippen LogP contribution in [0.2, 0.25) is 0 Å². The van der Waals surface area contributed by atoms with E-state index in [4.69, 9.17) is 9.47 Å². The number of hydrogen-bond donors (Lipinski definition) is 3. The molecular formula is C32H40N4O7S. The molecule has 236 valence electrons. The number of rotatable bonds is 12. The van der Waals surface area contributed by atoms with Gasteiger partial charge in [-0.3, -0.25) is 4.79 Å². The second-order valence-electron chi connectivity index (χ2n) is 12.4. The van der Waals surface area contributed by atoms with Gasteiger partial charge in [-0.2, -0.15) is 4.98 Å². The largest absolute Gasteiger partial charge is 0.478 e. The lowest BCUT2D eigenvalue weighted by Crippen LogP contribution is -2.51. The lowest BCUT2D eigenvalue weighted by atomic mass is 9.79. The molecule has 1 aromatic heterocycles. The van der Waals surface area contributed by atoms with Crippen LogP contribution in [0.1, 0.15) is 61.5 Å². The van der Waals surface area contributed by atoms with Gasteiger partial charge in [-0.15, -0.1) is 0 Å². The molecule has 11 nitrogen and oxygen atoms in total. The normalized spacial score (nSPS) is 17.3. The zero-order valence-electron chi connectivity index (χ0n) is 25.9. The lowest BCUT2D eigenvalue weighted by molar-refractivity contribution is -0.149. The highest BCUT2D eigenvalue weighted by Gasteiger charge is 2.37. The summed E-state index contributed by atoms with van der Waals surface area (Å²) in [7, 11) is -2.83. The Kier molecular flexibility index (Phi) is 9.94. The van der Waals surface area contributed by atoms with E-state index >= 15 is 0 Å². The fraction of sp³-hybridized carbons (Fsp3) is 0.438. The minimum absolute atomic E-state index is 0.0209. The summed E-state index contributed by atoms with van der Waals surface area (Å²) < 4.78 is 40.0. The number of nitrogens with zero attached hydrogens (tertiary/aromatic N) is 2. The first-order valence-corrected chi connectivity index (χ1v) is 15.9. The molecule has 1 heterocycles. The average molecular weight is 625 g/mol. The van der Waals surface area contributed by atoms with E-state index in [1.807, 2.05) is 32.0 Å². The van der Waals surface area contributed by atoms with Crippen molar-refractivity contribution in [1.82, 2.24) is 15.3 Å². The number of esters is 1. The summed E-state index contributed by atoms with van der Waals surface area (Å²) >= 11 is 0. The van der Waals surface area contributed by atoms with Gasteiger partial charge in [0.2, 0.25) is 11.8 Å². The zero-order chi connectivity index (χ0) is 32.2. The maximum Gasteiger partial charge on any atom is 0.335 e. The highest BCUT2D eigenvalue weighted by molar-refractivity contribution is 7.92. The number of ether oxygens (including phenoxy) is 2. The summed E-state index contributed by atoms with van der Waals surface area (Å²) in [6.07, 6.45) is 2.15. The van der Waals surface area contributed by atoms with Gasteiger partial charge < -0.3 is 19.9 Å². The first kappa shape index (κ1) is 32.9. The second-order valence-corrected chi connectivity index (χ2v) is 14.1. The van der Waals surface area contributed by atoms with Crippen molar-refractivity contribution in [3.63, 3.8) is 0 Å². The van der Waals surface area contributed by atoms with Crippen LogP contribution in [0.15, 0.2) is 53.4 Å². The van der Waals surface area contributed by atoms with Crippen molar-refractivity contribution in [2.45, 2.75) is 70.9 Å². The highest BCUT2D eigenvalue weighted by atomic mass is 32.2. The molecule has 1 aliphatic carbocycles. The third kappa shape index (κ3) is 8.32. The topological polar surface area (TPSA) is 157 Å². The zero-order valence-corrected chi connectivity index (χ0v) is 26.7. The van der Waals surface area contributed by atoms with Crippen LogP contribution in [0.4, 0.5) is 5.95 Å². The van der Waals surface area contributed by atoms with E-state index in [0.29, 0.717) is 18.5 Å². The Morgan fingerprint density at radius 3 is 2.32 bits per heavy atom. The molecule has 3 aromatic rings. The van der Waals surface area contributed by atoms with E-state index in [1.54, 1.807) is 6.07 Å². The van der Waals surface area contributed by atoms with Crippen molar-refractivity contribution in [3.8, 4) is 17.1 Å². The van der Waals surface area contributed by atoms with Gasteiger partial charge in [0.1, 0.15) is 6.61 Å². The van der Waals surface area contributed by atoms with E-state index < -0.39 is 16.0 Å². The van der Waals surface area contributed by atoms with Crippen molar-refractivity contribution < 1.29 is 32.6 Å². The molecular weight excluding hydrogens is 584 g/mol. The standard InChI is InChI=1S/C32H40N4O7S/c1-19-9-7-10-20(2)28(19)26-16-27(35-31(34-26)36-44(40,41)25-12-8-11-21(15-25)29(37)38)43-18-24(17-32(3,4)5)33-23-13-22(14-23)30(39)42-6/h7-12,15-16,22-24,33H,13-14,17-18H2,1-6H3,(H,37,38)(H,34,35,36). The van der Waals surface area contributed by atoms with Gasteiger partial charge in [-0.05, 0) is 67.9 Å². The Labute approximate surface area is 258 Å². The second kappa shape index (κ2) is 13.3. The lowest BCUT2D eigenvalue weighted by Gasteiger charge is -2.38. The van der Waals surface area contributed by atoms with Crippen LogP contribution in [-0.2, 0) is 19.6 Å². The number of methoxy groups -OCH3 is 1. The summed E-state index contributed by atoms with van der Waals surface area (Å²) in [5.41, 5.74) is 2.99. The predicted molar refractivity (Wildman–Crippen MR) is 166 cm³/mol. The van der Waals surface area contributed by atoms with E-state index in [-0.39, 0.29) is 58.3 Å². The van der Waals surface area contributed by atoms with Gasteiger partial charge in [-0.1, -0.05) is 45.0 Å². The molecule has 0 amide bonds. The van der Waals surface area contributed by atoms with Gasteiger partial charge >= 0.3 is 11.9 Å². The summed E-state index contributed by atoms with van der Waals surface area (Å²) in [6, 6.07) is 12.6. The smallest absolute Gasteiger partial charge is 0.335 e. The number of hydrogen-bond acceptors (Lipinski definition) is 9. The van der Waals surface area contributed by atoms with Crippen molar-refractivity contribution in [3.05, 3.63) is 65.2 Å². The molecule has 0 saturated heterocycles. The van der Waals surface area contributed by atoms with Crippen LogP contribution < -0.4 is 14.8 Å². The van der Waals surface area contributed by atoms with Gasteiger partial charge in [0.25, 0.3) is 10.0 Å². The number of nitrogens with one attached hydrogen (secondary N) is 2. The molecule has 0 spiro atoms. The monoisotopic (exact) mass is 624 g/mol. The number of carbonyl (C=O) groups excluding carboxylic acids is 1. The molecule has 2 aromatic carbocycles. The number of anilines is 1. The highest BCUT2D eigenvalue weighted by Crippen LogP contribution is 2.32. The number of carboxylic acids is 1. The van der Waals surface area contributed by atoms with E-state index in [0.717, 1.165) is 29.2 Å². The molecule has 1 unspecified atom stereocenters. The maximum absolute atomic E-state index is 13.3. The predicted octanol–water partition coefficient (Wildman–Crippen LogP) is 4.98. The Morgan fingerprint density at radius 1 is 1.05 bits per heavy atom. The molecule has 4 rings (SSSR count). The van der Waals surface area contributed by atoms with E-state index in [2.05, 4.69) is 40.8 Å². The summed E-state index contributed by atoms with van der Waals surface area (Å²) in [5.74, 6) is -1.58. The van der Waals surface area contributed by atoms with Gasteiger partial charge in [0.05, 0.1) is 29.2 Å². The van der Waals surface area contributed by atoms with Gasteiger partial charge in [0, 0.05) is 23.7 Å². The number of sulfonamides is 1. The van der Waals surface area contributed by atoms with E-state index in [9.17, 15) is 23.1 Å². The molecule has 0 radical (unpaired) electrons. The number of aryl methyl sites for hydroxylation is 2. The SMILES string of the molecule is COC(=O)C1CC(NC(COc2cc(-c3c(C)cccc3C)nc(NS(=O)(=O)c3cccc(C(=O)O)c3)n2)CC(C)(C)C)C1. The van der Waals surface area contributed by atoms with Crippen molar-refractivity contribution >= 4 is 27.9 Å². The Balaban J connectivity index is 1.63. The number of aromatic carboxylic acids is 1. The first-order chi connectivity index (χ1) is 20.6. The molecule has 12 heteroatoms. The minimum Gasteiger partial charge on any atom is -0.478 e. The first-order valence-electron chi connectivity index (χ1n) is 14.4. The van der Waals surface area contributed by atoms with Crippen molar-refractivity contribution in [2.24, 2.45) is 11.3 Å². The average Bonchev–Trinajstić information content (AvgIpc) is 2.92. The van der Waals surface area contributed by atoms with Crippen LogP contribution in [0.3, 0.4) is 0 Å². The molecule has 44 heavy (non-hydrogen) atoms. The quantitative estimate of drug-likeness (QED) is 0.235. The summed E-state index contributed by atoms with van der Waals surface area (Å²) in [4.78, 5) is 32.0. The Morgan fingerprint density at radius 2 is 1.70 bits per heavy atom. The number of carbonyl (C=O) groups is 2. The van der Waals surface area contributed by atoms with Crippen LogP contribution in [0.25, 0.3) is 11.3 Å². The molecule has 3 N–H and O–H groups in total. The molecule has 1 atom stereocenters. The number of carboxylic acid groups (broad SMARTS) is 1.